The van der Waals surface area contributed by atoms with Crippen molar-refractivity contribution in [2.24, 2.45) is 0 Å². The molecule has 0 aliphatic carbocycles. The molecule has 1 aliphatic rings. The number of hydrogen-bond acceptors (Lipinski definition) is 5. The van der Waals surface area contributed by atoms with Gasteiger partial charge in [0.05, 0.1) is 17.5 Å². The van der Waals surface area contributed by atoms with Gasteiger partial charge in [-0.1, -0.05) is 0 Å². The van der Waals surface area contributed by atoms with Crippen LogP contribution in [-0.4, -0.2) is 47.9 Å². The van der Waals surface area contributed by atoms with Gasteiger partial charge in [-0.05, 0) is 25.1 Å². The SMILES string of the molecule is COCC(NC(=O)c1ccc2c(c1)NC(=O)C(C)S2)C(=O)O. The second-order valence-electron chi connectivity index (χ2n) is 4.78. The van der Waals surface area contributed by atoms with Gasteiger partial charge in [0.2, 0.25) is 5.91 Å². The lowest BCUT2D eigenvalue weighted by Gasteiger charge is -2.22. The number of hydrogen-bond donors (Lipinski definition) is 3. The molecule has 0 saturated carbocycles. The molecule has 3 N–H and O–H groups in total. The normalized spacial score (nSPS) is 18.1. The molecule has 0 spiro atoms. The molecule has 8 heteroatoms. The summed E-state index contributed by atoms with van der Waals surface area (Å²) in [5, 5.41) is 13.9. The van der Waals surface area contributed by atoms with E-state index in [0.717, 1.165) is 4.90 Å². The lowest BCUT2D eigenvalue weighted by atomic mass is 10.1. The average molecular weight is 324 g/mol. The van der Waals surface area contributed by atoms with E-state index >= 15 is 0 Å². The molecule has 118 valence electrons. The first-order chi connectivity index (χ1) is 10.4. The van der Waals surface area contributed by atoms with Crippen LogP contribution in [-0.2, 0) is 14.3 Å². The van der Waals surface area contributed by atoms with Crippen LogP contribution in [0.2, 0.25) is 0 Å². The first-order valence-electron chi connectivity index (χ1n) is 6.56. The van der Waals surface area contributed by atoms with Crippen molar-refractivity contribution in [1.82, 2.24) is 5.32 Å². The van der Waals surface area contributed by atoms with E-state index < -0.39 is 17.9 Å². The molecule has 2 rings (SSSR count). The Hall–Kier alpha value is -2.06. The molecule has 0 fully saturated rings. The number of carboxylic acid groups (broad SMARTS) is 1. The highest BCUT2D eigenvalue weighted by Gasteiger charge is 2.25. The third-order valence-corrected chi connectivity index (χ3v) is 4.29. The molecule has 22 heavy (non-hydrogen) atoms. The highest BCUT2D eigenvalue weighted by Crippen LogP contribution is 2.35. The molecular formula is C14H16N2O5S. The van der Waals surface area contributed by atoms with Crippen LogP contribution in [0.3, 0.4) is 0 Å². The van der Waals surface area contributed by atoms with Gasteiger partial charge in [0.1, 0.15) is 0 Å². The van der Waals surface area contributed by atoms with E-state index in [0.29, 0.717) is 5.69 Å². The number of carbonyl (C=O) groups excluding carboxylic acids is 2. The number of fused-ring (bicyclic) bond motifs is 1. The Morgan fingerprint density at radius 2 is 2.23 bits per heavy atom. The van der Waals surface area contributed by atoms with Gasteiger partial charge in [-0.15, -0.1) is 11.8 Å². The first-order valence-corrected chi connectivity index (χ1v) is 7.44. The second-order valence-corrected chi connectivity index (χ2v) is 6.16. The predicted octanol–water partition coefficient (Wildman–Crippen LogP) is 0.949. The average Bonchev–Trinajstić information content (AvgIpc) is 2.47. The van der Waals surface area contributed by atoms with Crippen molar-refractivity contribution in [2.45, 2.75) is 23.1 Å². The van der Waals surface area contributed by atoms with E-state index in [1.807, 2.05) is 0 Å². The van der Waals surface area contributed by atoms with Crippen molar-refractivity contribution < 1.29 is 24.2 Å². The molecule has 1 aromatic rings. The molecule has 1 aromatic carbocycles. The molecule has 2 amide bonds. The van der Waals surface area contributed by atoms with Crippen LogP contribution in [0.4, 0.5) is 5.69 Å². The number of anilines is 1. The monoisotopic (exact) mass is 324 g/mol. The lowest BCUT2D eigenvalue weighted by Crippen LogP contribution is -2.43. The number of amides is 2. The summed E-state index contributed by atoms with van der Waals surface area (Å²) in [4.78, 5) is 35.7. The van der Waals surface area contributed by atoms with E-state index in [4.69, 9.17) is 9.84 Å². The third kappa shape index (κ3) is 3.58. The Bertz CT molecular complexity index is 619. The topological polar surface area (TPSA) is 105 Å². The Kier molecular flexibility index (Phi) is 5.04. The zero-order valence-corrected chi connectivity index (χ0v) is 12.9. The maximum Gasteiger partial charge on any atom is 0.328 e. The zero-order chi connectivity index (χ0) is 16.3. The summed E-state index contributed by atoms with van der Waals surface area (Å²) < 4.78 is 4.76. The van der Waals surface area contributed by atoms with E-state index in [1.165, 1.54) is 24.9 Å². The van der Waals surface area contributed by atoms with Gasteiger partial charge in [0, 0.05) is 17.6 Å². The van der Waals surface area contributed by atoms with Crippen molar-refractivity contribution in [1.29, 1.82) is 0 Å². The van der Waals surface area contributed by atoms with Crippen molar-refractivity contribution in [3.63, 3.8) is 0 Å². The minimum atomic E-state index is -1.18. The summed E-state index contributed by atoms with van der Waals surface area (Å²) in [6, 6.07) is 3.73. The Morgan fingerprint density at radius 1 is 1.50 bits per heavy atom. The van der Waals surface area contributed by atoms with Crippen LogP contribution in [0.15, 0.2) is 23.1 Å². The van der Waals surface area contributed by atoms with Crippen LogP contribution >= 0.6 is 11.8 Å². The highest BCUT2D eigenvalue weighted by molar-refractivity contribution is 8.00. The standard InChI is InChI=1S/C14H16N2O5S/c1-7-12(17)15-9-5-8(3-4-11(9)22-7)13(18)16-10(6-21-2)14(19)20/h3-5,7,10H,6H2,1-2H3,(H,15,17)(H,16,18)(H,19,20). The first kappa shape index (κ1) is 16.3. The molecule has 0 aromatic heterocycles. The van der Waals surface area contributed by atoms with E-state index in [9.17, 15) is 14.4 Å². The fourth-order valence-corrected chi connectivity index (χ4v) is 2.86. The molecule has 0 bridgehead atoms. The quantitative estimate of drug-likeness (QED) is 0.745. The number of carboxylic acids is 1. The molecule has 7 nitrogen and oxygen atoms in total. The van der Waals surface area contributed by atoms with Gasteiger partial charge >= 0.3 is 5.97 Å². The molecule has 2 atom stereocenters. The largest absolute Gasteiger partial charge is 0.480 e. The Labute approximate surface area is 131 Å². The van der Waals surface area contributed by atoms with Gasteiger partial charge in [-0.25, -0.2) is 4.79 Å². The number of benzene rings is 1. The fourth-order valence-electron chi connectivity index (χ4n) is 1.93. The van der Waals surface area contributed by atoms with Gasteiger partial charge < -0.3 is 20.5 Å². The maximum atomic E-state index is 12.1. The van der Waals surface area contributed by atoms with Crippen molar-refractivity contribution >= 4 is 35.2 Å². The van der Waals surface area contributed by atoms with E-state index in [-0.39, 0.29) is 23.3 Å². The van der Waals surface area contributed by atoms with Gasteiger partial charge in [-0.2, -0.15) is 0 Å². The summed E-state index contributed by atoms with van der Waals surface area (Å²) >= 11 is 1.41. The number of rotatable bonds is 5. The number of aliphatic carboxylic acids is 1. The predicted molar refractivity (Wildman–Crippen MR) is 81.2 cm³/mol. The molecular weight excluding hydrogens is 308 g/mol. The lowest BCUT2D eigenvalue weighted by molar-refractivity contribution is -0.140. The number of nitrogens with one attached hydrogen (secondary N) is 2. The summed E-state index contributed by atoms with van der Waals surface area (Å²) in [7, 11) is 1.36. The number of thioether (sulfide) groups is 1. The summed E-state index contributed by atoms with van der Waals surface area (Å²) in [6.45, 7) is 1.67. The zero-order valence-electron chi connectivity index (χ0n) is 12.1. The number of ether oxygens (including phenoxy) is 1. The second kappa shape index (κ2) is 6.80. The summed E-state index contributed by atoms with van der Waals surface area (Å²) in [6.07, 6.45) is 0. The van der Waals surface area contributed by atoms with Crippen LogP contribution < -0.4 is 10.6 Å². The maximum absolute atomic E-state index is 12.1. The number of methoxy groups -OCH3 is 1. The van der Waals surface area contributed by atoms with Gasteiger partial charge in [0.25, 0.3) is 5.91 Å². The minimum Gasteiger partial charge on any atom is -0.480 e. The number of carbonyl (C=O) groups is 3. The molecule has 1 aliphatic heterocycles. The Morgan fingerprint density at radius 3 is 2.86 bits per heavy atom. The molecule has 0 saturated heterocycles. The van der Waals surface area contributed by atoms with Crippen LogP contribution in [0.1, 0.15) is 17.3 Å². The highest BCUT2D eigenvalue weighted by atomic mass is 32.2. The van der Waals surface area contributed by atoms with E-state index in [1.54, 1.807) is 19.1 Å². The van der Waals surface area contributed by atoms with Crippen LogP contribution in [0.5, 0.6) is 0 Å². The van der Waals surface area contributed by atoms with Crippen molar-refractivity contribution in [3.8, 4) is 0 Å². The third-order valence-electron chi connectivity index (χ3n) is 3.11. The van der Waals surface area contributed by atoms with Crippen molar-refractivity contribution in [3.05, 3.63) is 23.8 Å². The molecule has 2 unspecified atom stereocenters. The summed E-state index contributed by atoms with van der Waals surface area (Å²) in [5.41, 5.74) is 0.830. The van der Waals surface area contributed by atoms with Gasteiger partial charge in [0.15, 0.2) is 6.04 Å². The van der Waals surface area contributed by atoms with Crippen LogP contribution in [0, 0.1) is 0 Å². The Balaban J connectivity index is 2.16. The smallest absolute Gasteiger partial charge is 0.328 e. The minimum absolute atomic E-state index is 0.127. The molecule has 1 heterocycles. The van der Waals surface area contributed by atoms with Gasteiger partial charge in [-0.3, -0.25) is 9.59 Å². The summed E-state index contributed by atoms with van der Waals surface area (Å²) in [5.74, 6) is -1.84. The van der Waals surface area contributed by atoms with Crippen molar-refractivity contribution in [2.75, 3.05) is 19.0 Å². The van der Waals surface area contributed by atoms with E-state index in [2.05, 4.69) is 10.6 Å². The van der Waals surface area contributed by atoms with Crippen LogP contribution in [0.25, 0.3) is 0 Å². The fraction of sp³-hybridized carbons (Fsp3) is 0.357. The molecule has 0 radical (unpaired) electrons.